The number of ketones is 2. The molecule has 212 valence electrons. The lowest BCUT2D eigenvalue weighted by atomic mass is 9.78. The van der Waals surface area contributed by atoms with E-state index in [-0.39, 0.29) is 41.3 Å². The summed E-state index contributed by atoms with van der Waals surface area (Å²) in [6, 6.07) is 17.2. The number of carbonyl (C=O) groups excluding carboxylic acids is 4. The molecule has 42 heavy (non-hydrogen) atoms. The van der Waals surface area contributed by atoms with Gasteiger partial charge in [0.05, 0.1) is 30.9 Å². The van der Waals surface area contributed by atoms with Crippen molar-refractivity contribution in [1.29, 1.82) is 0 Å². The van der Waals surface area contributed by atoms with Crippen LogP contribution in [0.5, 0.6) is 11.5 Å². The maximum absolute atomic E-state index is 13.8. The predicted octanol–water partition coefficient (Wildman–Crippen LogP) is 4.84. The van der Waals surface area contributed by atoms with Crippen molar-refractivity contribution >= 4 is 23.4 Å². The van der Waals surface area contributed by atoms with Crippen LogP contribution >= 0.6 is 0 Å². The minimum Gasteiger partial charge on any atom is -0.493 e. The highest BCUT2D eigenvalue weighted by molar-refractivity contribution is 6.26. The number of methoxy groups -OCH3 is 2. The van der Waals surface area contributed by atoms with Crippen molar-refractivity contribution in [3.8, 4) is 11.5 Å². The number of imide groups is 1. The largest absolute Gasteiger partial charge is 0.493 e. The molecule has 4 aliphatic rings. The summed E-state index contributed by atoms with van der Waals surface area (Å²) in [5.41, 5.74) is 3.19. The zero-order valence-corrected chi connectivity index (χ0v) is 23.1. The molecule has 0 spiro atoms. The summed E-state index contributed by atoms with van der Waals surface area (Å²) in [5.74, 6) is -1.48. The predicted molar refractivity (Wildman–Crippen MR) is 149 cm³/mol. The van der Waals surface area contributed by atoms with Crippen molar-refractivity contribution in [3.63, 3.8) is 0 Å². The van der Waals surface area contributed by atoms with E-state index in [2.05, 4.69) is 0 Å². The molecule has 3 aromatic rings. The number of benzene rings is 3. The Morgan fingerprint density at radius 2 is 1.40 bits per heavy atom. The summed E-state index contributed by atoms with van der Waals surface area (Å²) in [6.07, 6.45) is 0.847. The van der Waals surface area contributed by atoms with Crippen LogP contribution in [-0.4, -0.2) is 54.8 Å². The third-order valence-corrected chi connectivity index (χ3v) is 8.45. The first kappa shape index (κ1) is 26.2. The number of nitrogens with zero attached hydrogens (tertiary/aromatic N) is 1. The molecular formula is C33H27NO8. The van der Waals surface area contributed by atoms with Gasteiger partial charge in [-0.05, 0) is 48.2 Å². The van der Waals surface area contributed by atoms with Crippen LogP contribution in [0.15, 0.2) is 72.0 Å². The Kier molecular flexibility index (Phi) is 6.02. The molecule has 3 aromatic carbocycles. The van der Waals surface area contributed by atoms with E-state index in [0.717, 1.165) is 5.56 Å². The van der Waals surface area contributed by atoms with E-state index in [0.29, 0.717) is 65.0 Å². The molecule has 7 rings (SSSR count). The molecule has 0 aromatic heterocycles. The molecule has 0 saturated heterocycles. The number of fused-ring (bicyclic) bond motifs is 7. The topological polar surface area (TPSA) is 108 Å². The minimum atomic E-state index is -1.24. The second-order valence-corrected chi connectivity index (χ2v) is 10.8. The van der Waals surface area contributed by atoms with Crippen LogP contribution in [0.25, 0.3) is 0 Å². The standard InChI is InChI=1S/C33H27NO8/c1-39-24-15-18-17-33(13-7-8-14-34-31(37)21-11-5-6-12-22(21)32(34)38)41-29(23(18)16-25(24)40-2)26-27(35)19-9-3-4-10-20(19)28(36)30(26)42-33/h3-6,9-12,15-16,29H,7-8,13-14,17H2,1-2H3/t29-,33-/m0/s1. The molecular weight excluding hydrogens is 538 g/mol. The first-order valence-corrected chi connectivity index (χ1v) is 13.9. The SMILES string of the molecule is COc1cc2c(cc1OC)[C@@H]1O[C@](CCCCN3C(=O)c4ccccc4C3=O)(C2)OC2=C1C(=O)c1ccccc1C2=O. The molecule has 0 N–H and O–H groups in total. The van der Waals surface area contributed by atoms with Gasteiger partial charge in [0.25, 0.3) is 11.8 Å². The van der Waals surface area contributed by atoms with Crippen molar-refractivity contribution in [1.82, 2.24) is 4.90 Å². The summed E-state index contributed by atoms with van der Waals surface area (Å²) in [4.78, 5) is 54.3. The molecule has 9 heteroatoms. The molecule has 0 saturated carbocycles. The molecule has 2 amide bonds. The molecule has 0 radical (unpaired) electrons. The highest BCUT2D eigenvalue weighted by Crippen LogP contribution is 2.52. The van der Waals surface area contributed by atoms with Crippen molar-refractivity contribution in [2.45, 2.75) is 37.6 Å². The third-order valence-electron chi connectivity index (χ3n) is 8.45. The third kappa shape index (κ3) is 3.80. The van der Waals surface area contributed by atoms with E-state index < -0.39 is 11.9 Å². The van der Waals surface area contributed by atoms with Crippen LogP contribution < -0.4 is 9.47 Å². The van der Waals surface area contributed by atoms with Gasteiger partial charge in [0.15, 0.2) is 23.0 Å². The van der Waals surface area contributed by atoms with E-state index in [1.165, 1.54) is 12.0 Å². The van der Waals surface area contributed by atoms with Gasteiger partial charge < -0.3 is 18.9 Å². The zero-order chi connectivity index (χ0) is 29.2. The number of hydrogen-bond donors (Lipinski definition) is 0. The van der Waals surface area contributed by atoms with Crippen LogP contribution in [0, 0.1) is 0 Å². The lowest BCUT2D eigenvalue weighted by molar-refractivity contribution is -0.258. The van der Waals surface area contributed by atoms with Crippen molar-refractivity contribution in [3.05, 3.63) is 105 Å². The number of rotatable bonds is 7. The summed E-state index contributed by atoms with van der Waals surface area (Å²) in [5, 5.41) is 0. The van der Waals surface area contributed by atoms with E-state index >= 15 is 0 Å². The van der Waals surface area contributed by atoms with Gasteiger partial charge in [0.2, 0.25) is 11.6 Å². The van der Waals surface area contributed by atoms with E-state index in [1.807, 2.05) is 6.07 Å². The molecule has 0 fully saturated rings. The summed E-state index contributed by atoms with van der Waals surface area (Å²) in [7, 11) is 3.09. The second kappa shape index (κ2) is 9.66. The highest BCUT2D eigenvalue weighted by atomic mass is 16.7. The van der Waals surface area contributed by atoms with Gasteiger partial charge >= 0.3 is 0 Å². The van der Waals surface area contributed by atoms with Gasteiger partial charge in [-0.3, -0.25) is 24.1 Å². The lowest BCUT2D eigenvalue weighted by Crippen LogP contribution is -2.49. The Hall–Kier alpha value is -4.76. The molecule has 3 heterocycles. The number of ether oxygens (including phenoxy) is 4. The smallest absolute Gasteiger partial charge is 0.261 e. The number of Topliss-reactive ketones (excluding diaryl/α,β-unsaturated/α-hetero) is 2. The van der Waals surface area contributed by atoms with Crippen LogP contribution in [0.2, 0.25) is 0 Å². The summed E-state index contributed by atoms with van der Waals surface area (Å²) >= 11 is 0. The Labute approximate surface area is 241 Å². The maximum Gasteiger partial charge on any atom is 0.261 e. The molecule has 2 atom stereocenters. The van der Waals surface area contributed by atoms with E-state index in [1.54, 1.807) is 61.7 Å². The van der Waals surface area contributed by atoms with Crippen LogP contribution in [0.3, 0.4) is 0 Å². The number of hydrogen-bond acceptors (Lipinski definition) is 8. The van der Waals surface area contributed by atoms with Crippen LogP contribution in [0.4, 0.5) is 0 Å². The van der Waals surface area contributed by atoms with E-state index in [9.17, 15) is 19.2 Å². The van der Waals surface area contributed by atoms with Gasteiger partial charge in [0, 0.05) is 30.5 Å². The fraction of sp³-hybridized carbons (Fsp3) is 0.273. The monoisotopic (exact) mass is 565 g/mol. The van der Waals surface area contributed by atoms with Crippen LogP contribution in [-0.2, 0) is 15.9 Å². The summed E-state index contributed by atoms with van der Waals surface area (Å²) in [6.45, 7) is 0.242. The van der Waals surface area contributed by atoms with Gasteiger partial charge in [-0.25, -0.2) is 0 Å². The number of amides is 2. The number of allylic oxidation sites excluding steroid dienone is 1. The fourth-order valence-electron chi connectivity index (χ4n) is 6.42. The molecule has 1 aliphatic carbocycles. The minimum absolute atomic E-state index is 0.00994. The Balaban J connectivity index is 1.20. The van der Waals surface area contributed by atoms with Gasteiger partial charge in [-0.2, -0.15) is 0 Å². The first-order chi connectivity index (χ1) is 20.4. The van der Waals surface area contributed by atoms with Crippen molar-refractivity contribution in [2.24, 2.45) is 0 Å². The number of unbranched alkanes of at least 4 members (excludes halogenated alkanes) is 1. The Morgan fingerprint density at radius 1 is 0.810 bits per heavy atom. The average Bonchev–Trinajstić information content (AvgIpc) is 3.26. The molecule has 2 bridgehead atoms. The van der Waals surface area contributed by atoms with Gasteiger partial charge in [-0.15, -0.1) is 0 Å². The molecule has 9 nitrogen and oxygen atoms in total. The fourth-order valence-corrected chi connectivity index (χ4v) is 6.42. The average molecular weight is 566 g/mol. The highest BCUT2D eigenvalue weighted by Gasteiger charge is 2.53. The quantitative estimate of drug-likeness (QED) is 0.296. The zero-order valence-electron chi connectivity index (χ0n) is 23.1. The van der Waals surface area contributed by atoms with Crippen molar-refractivity contribution in [2.75, 3.05) is 20.8 Å². The Bertz CT molecular complexity index is 1700. The Morgan fingerprint density at radius 3 is 2.05 bits per heavy atom. The second-order valence-electron chi connectivity index (χ2n) is 10.8. The van der Waals surface area contributed by atoms with Crippen molar-refractivity contribution < 1.29 is 38.1 Å². The van der Waals surface area contributed by atoms with Gasteiger partial charge in [0.1, 0.15) is 6.10 Å². The maximum atomic E-state index is 13.8. The number of carbonyl (C=O) groups is 4. The normalized spacial score (nSPS) is 21.9. The molecule has 0 unspecified atom stereocenters. The first-order valence-electron chi connectivity index (χ1n) is 13.9. The van der Waals surface area contributed by atoms with E-state index in [4.69, 9.17) is 18.9 Å². The summed E-state index contributed by atoms with van der Waals surface area (Å²) < 4.78 is 24.1. The molecule has 3 aliphatic heterocycles. The van der Waals surface area contributed by atoms with Gasteiger partial charge in [-0.1, -0.05) is 36.4 Å². The van der Waals surface area contributed by atoms with Crippen LogP contribution in [0.1, 0.15) is 77.9 Å². The lowest BCUT2D eigenvalue weighted by Gasteiger charge is -2.48.